The van der Waals surface area contributed by atoms with Gasteiger partial charge in [-0.1, -0.05) is 20.3 Å². The lowest BCUT2D eigenvalue weighted by molar-refractivity contribution is 0.313. The number of hydrogen-bond donors (Lipinski definition) is 2. The van der Waals surface area contributed by atoms with Gasteiger partial charge in [0.2, 0.25) is 10.0 Å². The molecule has 6 heteroatoms. The Balaban J connectivity index is 2.25. The Bertz CT molecular complexity index is 614. The summed E-state index contributed by atoms with van der Waals surface area (Å²) < 4.78 is 41.4. The number of hydrogen-bond acceptors (Lipinski definition) is 3. The van der Waals surface area contributed by atoms with Crippen molar-refractivity contribution >= 4 is 10.0 Å². The summed E-state index contributed by atoms with van der Waals surface area (Å²) in [6, 6.07) is 3.86. The number of nitrogens with one attached hydrogen (secondary N) is 2. The van der Waals surface area contributed by atoms with E-state index in [1.807, 2.05) is 0 Å². The average molecular weight is 314 g/mol. The molecule has 0 heterocycles. The first-order chi connectivity index (χ1) is 9.76. The summed E-state index contributed by atoms with van der Waals surface area (Å²) in [5, 5.41) is 2.83. The molecule has 118 valence electrons. The number of sulfonamides is 1. The first-order valence-electron chi connectivity index (χ1n) is 7.21. The zero-order valence-corrected chi connectivity index (χ0v) is 13.6. The Morgan fingerprint density at radius 2 is 2.10 bits per heavy atom. The average Bonchev–Trinajstić information content (AvgIpc) is 2.71. The van der Waals surface area contributed by atoms with Gasteiger partial charge in [-0.25, -0.2) is 17.5 Å². The maximum Gasteiger partial charge on any atom is 0.240 e. The van der Waals surface area contributed by atoms with Gasteiger partial charge in [0, 0.05) is 18.2 Å². The van der Waals surface area contributed by atoms with E-state index in [9.17, 15) is 12.8 Å². The molecule has 0 spiro atoms. The van der Waals surface area contributed by atoms with Crippen LogP contribution in [0.1, 0.15) is 38.7 Å². The number of halogens is 1. The summed E-state index contributed by atoms with van der Waals surface area (Å²) in [4.78, 5) is 0.122. The van der Waals surface area contributed by atoms with Crippen LogP contribution in [0.25, 0.3) is 0 Å². The maximum absolute atomic E-state index is 13.6. The van der Waals surface area contributed by atoms with Crippen LogP contribution in [0.15, 0.2) is 23.1 Å². The van der Waals surface area contributed by atoms with Gasteiger partial charge in [-0.05, 0) is 43.5 Å². The zero-order valence-electron chi connectivity index (χ0n) is 12.7. The van der Waals surface area contributed by atoms with Gasteiger partial charge in [0.15, 0.2) is 0 Å². The monoisotopic (exact) mass is 314 g/mol. The van der Waals surface area contributed by atoms with E-state index in [2.05, 4.69) is 23.9 Å². The highest BCUT2D eigenvalue weighted by Gasteiger charge is 2.37. The fraction of sp³-hybridized carbons (Fsp3) is 0.600. The molecule has 0 aromatic heterocycles. The molecule has 4 nitrogen and oxygen atoms in total. The SMILES string of the molecule is CNCc1cc(S(=O)(=O)NC2CCCC2(C)C)ccc1F. The van der Waals surface area contributed by atoms with Crippen LogP contribution >= 0.6 is 0 Å². The third-order valence-electron chi connectivity index (χ3n) is 4.25. The van der Waals surface area contributed by atoms with E-state index in [1.54, 1.807) is 7.05 Å². The van der Waals surface area contributed by atoms with Gasteiger partial charge in [0.1, 0.15) is 5.82 Å². The topological polar surface area (TPSA) is 58.2 Å². The van der Waals surface area contributed by atoms with Crippen LogP contribution in [0.5, 0.6) is 0 Å². The molecule has 21 heavy (non-hydrogen) atoms. The van der Waals surface area contributed by atoms with Crippen LogP contribution in [0.4, 0.5) is 4.39 Å². The molecule has 0 amide bonds. The Morgan fingerprint density at radius 3 is 2.67 bits per heavy atom. The summed E-state index contributed by atoms with van der Waals surface area (Å²) in [6.07, 6.45) is 2.88. The van der Waals surface area contributed by atoms with Crippen LogP contribution in [-0.2, 0) is 16.6 Å². The molecule has 2 N–H and O–H groups in total. The highest BCUT2D eigenvalue weighted by Crippen LogP contribution is 2.37. The van der Waals surface area contributed by atoms with Crippen molar-refractivity contribution in [2.45, 2.75) is 50.6 Å². The first kappa shape index (κ1) is 16.4. The van der Waals surface area contributed by atoms with Gasteiger partial charge in [-0.2, -0.15) is 0 Å². The summed E-state index contributed by atoms with van der Waals surface area (Å²) in [7, 11) is -1.92. The highest BCUT2D eigenvalue weighted by molar-refractivity contribution is 7.89. The molecule has 1 atom stereocenters. The van der Waals surface area contributed by atoms with Crippen molar-refractivity contribution in [1.29, 1.82) is 0 Å². The molecule has 1 aliphatic carbocycles. The molecule has 1 saturated carbocycles. The second-order valence-corrected chi connectivity index (χ2v) is 8.05. The van der Waals surface area contributed by atoms with Crippen molar-refractivity contribution in [1.82, 2.24) is 10.0 Å². The summed E-state index contributed by atoms with van der Waals surface area (Å²) in [5.74, 6) is -0.399. The van der Waals surface area contributed by atoms with Crippen LogP contribution in [0, 0.1) is 11.2 Å². The Kier molecular flexibility index (Phi) is 4.70. The molecular formula is C15H23FN2O2S. The van der Waals surface area contributed by atoms with Crippen molar-refractivity contribution in [3.05, 3.63) is 29.6 Å². The van der Waals surface area contributed by atoms with Crippen molar-refractivity contribution in [2.24, 2.45) is 5.41 Å². The van der Waals surface area contributed by atoms with Gasteiger partial charge in [-0.15, -0.1) is 0 Å². The molecule has 1 unspecified atom stereocenters. The second kappa shape index (κ2) is 6.02. The molecule has 1 aromatic rings. The fourth-order valence-electron chi connectivity index (χ4n) is 2.84. The molecule has 1 aromatic carbocycles. The van der Waals surface area contributed by atoms with Crippen LogP contribution < -0.4 is 10.0 Å². The quantitative estimate of drug-likeness (QED) is 0.877. The minimum absolute atomic E-state index is 0.0408. The summed E-state index contributed by atoms with van der Waals surface area (Å²) in [5.41, 5.74) is 0.312. The predicted octanol–water partition coefficient (Wildman–Crippen LogP) is 2.40. The second-order valence-electron chi connectivity index (χ2n) is 6.34. The first-order valence-corrected chi connectivity index (χ1v) is 8.70. The molecule has 0 bridgehead atoms. The minimum Gasteiger partial charge on any atom is -0.316 e. The maximum atomic E-state index is 13.6. The molecule has 1 aliphatic rings. The lowest BCUT2D eigenvalue weighted by Crippen LogP contribution is -2.41. The van der Waals surface area contributed by atoms with Gasteiger partial charge in [-0.3, -0.25) is 0 Å². The smallest absolute Gasteiger partial charge is 0.240 e. The van der Waals surface area contributed by atoms with Gasteiger partial charge in [0.05, 0.1) is 4.90 Å². The van der Waals surface area contributed by atoms with Crippen molar-refractivity contribution in [3.63, 3.8) is 0 Å². The molecule has 1 fully saturated rings. The summed E-state index contributed by atoms with van der Waals surface area (Å²) in [6.45, 7) is 4.44. The predicted molar refractivity (Wildman–Crippen MR) is 80.9 cm³/mol. The molecular weight excluding hydrogens is 291 g/mol. The molecule has 0 aliphatic heterocycles. The highest BCUT2D eigenvalue weighted by atomic mass is 32.2. The van der Waals surface area contributed by atoms with Gasteiger partial charge in [0.25, 0.3) is 0 Å². The van der Waals surface area contributed by atoms with Crippen molar-refractivity contribution in [3.8, 4) is 0 Å². The fourth-order valence-corrected chi connectivity index (χ4v) is 4.34. The van der Waals surface area contributed by atoms with Gasteiger partial charge < -0.3 is 5.32 Å². The molecule has 0 radical (unpaired) electrons. The largest absolute Gasteiger partial charge is 0.316 e. The van der Waals surface area contributed by atoms with E-state index in [0.717, 1.165) is 19.3 Å². The Hall–Kier alpha value is -0.980. The van der Waals surface area contributed by atoms with Crippen LogP contribution in [-0.4, -0.2) is 21.5 Å². The van der Waals surface area contributed by atoms with Crippen molar-refractivity contribution in [2.75, 3.05) is 7.05 Å². The standard InChI is InChI=1S/C15H23FN2O2S/c1-15(2)8-4-5-14(15)18-21(19,20)12-6-7-13(16)11(9-12)10-17-3/h6-7,9,14,17-18H,4-5,8,10H2,1-3H3. The minimum atomic E-state index is -3.62. The Labute approximate surface area is 126 Å². The van der Waals surface area contributed by atoms with E-state index in [4.69, 9.17) is 0 Å². The van der Waals surface area contributed by atoms with Gasteiger partial charge >= 0.3 is 0 Å². The lowest BCUT2D eigenvalue weighted by atomic mass is 9.88. The van der Waals surface area contributed by atoms with Crippen molar-refractivity contribution < 1.29 is 12.8 Å². The van der Waals surface area contributed by atoms with E-state index < -0.39 is 15.8 Å². The van der Waals surface area contributed by atoms with Crippen LogP contribution in [0.2, 0.25) is 0 Å². The number of benzene rings is 1. The van der Waals surface area contributed by atoms with E-state index in [-0.39, 0.29) is 16.4 Å². The normalized spacial score (nSPS) is 21.6. The van der Waals surface area contributed by atoms with Crippen LogP contribution in [0.3, 0.4) is 0 Å². The molecule has 0 saturated heterocycles. The third kappa shape index (κ3) is 3.62. The third-order valence-corrected chi connectivity index (χ3v) is 5.72. The van der Waals surface area contributed by atoms with E-state index in [1.165, 1.54) is 18.2 Å². The Morgan fingerprint density at radius 1 is 1.38 bits per heavy atom. The summed E-state index contributed by atoms with van der Waals surface area (Å²) >= 11 is 0. The van der Waals surface area contributed by atoms with E-state index >= 15 is 0 Å². The number of rotatable bonds is 5. The lowest BCUT2D eigenvalue weighted by Gasteiger charge is -2.27. The van der Waals surface area contributed by atoms with E-state index in [0.29, 0.717) is 12.1 Å². The molecule has 2 rings (SSSR count). The zero-order chi connectivity index (χ0) is 15.7.